The zero-order valence-electron chi connectivity index (χ0n) is 16.1. The normalized spacial score (nSPS) is 16.7. The summed E-state index contributed by atoms with van der Waals surface area (Å²) >= 11 is 7.37. The molecule has 1 atom stereocenters. The highest BCUT2D eigenvalue weighted by molar-refractivity contribution is 8.00. The van der Waals surface area contributed by atoms with E-state index in [0.717, 1.165) is 16.8 Å². The molecule has 3 aromatic carbocycles. The molecule has 3 aromatic rings. The van der Waals surface area contributed by atoms with Crippen molar-refractivity contribution in [2.45, 2.75) is 17.2 Å². The zero-order chi connectivity index (χ0) is 21.3. The van der Waals surface area contributed by atoms with E-state index in [2.05, 4.69) is 4.72 Å². The van der Waals surface area contributed by atoms with Crippen LogP contribution in [-0.4, -0.2) is 20.1 Å². The summed E-state index contributed by atoms with van der Waals surface area (Å²) in [6.07, 6.45) is 0. The minimum absolute atomic E-state index is 0.0287. The van der Waals surface area contributed by atoms with Crippen LogP contribution >= 0.6 is 23.4 Å². The van der Waals surface area contributed by atoms with Crippen LogP contribution in [0.25, 0.3) is 0 Å². The van der Waals surface area contributed by atoms with Crippen molar-refractivity contribution in [1.29, 1.82) is 0 Å². The number of aryl methyl sites for hydroxylation is 1. The van der Waals surface area contributed by atoms with Gasteiger partial charge in [-0.3, -0.25) is 14.4 Å². The van der Waals surface area contributed by atoms with Crippen molar-refractivity contribution in [3.8, 4) is 0 Å². The van der Waals surface area contributed by atoms with Gasteiger partial charge in [-0.1, -0.05) is 41.4 Å². The van der Waals surface area contributed by atoms with Gasteiger partial charge in [-0.2, -0.15) is 0 Å². The number of anilines is 2. The van der Waals surface area contributed by atoms with E-state index in [0.29, 0.717) is 16.5 Å². The summed E-state index contributed by atoms with van der Waals surface area (Å²) in [7, 11) is -3.75. The fourth-order valence-corrected chi connectivity index (χ4v) is 5.58. The van der Waals surface area contributed by atoms with E-state index in [-0.39, 0.29) is 16.2 Å². The van der Waals surface area contributed by atoms with Crippen LogP contribution in [-0.2, 0) is 14.8 Å². The molecule has 0 saturated carbocycles. The Balaban J connectivity index is 1.62. The number of hydrogen-bond donors (Lipinski definition) is 1. The fraction of sp³-hybridized carbons (Fsp3) is 0.136. The highest BCUT2D eigenvalue weighted by Gasteiger charge is 2.34. The van der Waals surface area contributed by atoms with Gasteiger partial charge in [0, 0.05) is 16.4 Å². The number of thioether (sulfide) groups is 1. The lowest BCUT2D eigenvalue weighted by atomic mass is 10.1. The molecule has 1 amide bonds. The molecule has 30 heavy (non-hydrogen) atoms. The number of benzene rings is 3. The Morgan fingerprint density at radius 3 is 2.43 bits per heavy atom. The third kappa shape index (κ3) is 4.33. The first-order valence-electron chi connectivity index (χ1n) is 9.22. The molecule has 0 aromatic heterocycles. The number of carbonyl (C=O) groups excluding carboxylic acids is 1. The molecule has 0 aliphatic carbocycles. The molecule has 1 fully saturated rings. The fourth-order valence-electron chi connectivity index (χ4n) is 3.24. The molecule has 0 unspecified atom stereocenters. The van der Waals surface area contributed by atoms with Gasteiger partial charge in [0.1, 0.15) is 5.37 Å². The summed E-state index contributed by atoms with van der Waals surface area (Å²) in [6.45, 7) is 2.00. The smallest absolute Gasteiger partial charge is 0.261 e. The SMILES string of the molecule is Cc1ccc(N2C(=O)CS[C@H]2c2cccc(NS(=O)(=O)c3ccc(Cl)cc3)c2)cc1. The minimum Gasteiger partial charge on any atom is -0.295 e. The summed E-state index contributed by atoms with van der Waals surface area (Å²) in [5.74, 6) is 0.403. The Morgan fingerprint density at radius 1 is 1.03 bits per heavy atom. The predicted octanol–water partition coefficient (Wildman–Crippen LogP) is 5.23. The van der Waals surface area contributed by atoms with Crippen LogP contribution in [0.4, 0.5) is 11.4 Å². The number of nitrogens with zero attached hydrogens (tertiary/aromatic N) is 1. The largest absolute Gasteiger partial charge is 0.295 e. The van der Waals surface area contributed by atoms with Crippen LogP contribution in [0.5, 0.6) is 0 Å². The number of hydrogen-bond acceptors (Lipinski definition) is 4. The Kier molecular flexibility index (Phi) is 5.77. The van der Waals surface area contributed by atoms with Crippen LogP contribution in [0.3, 0.4) is 0 Å². The van der Waals surface area contributed by atoms with Crippen LogP contribution in [0, 0.1) is 6.92 Å². The summed E-state index contributed by atoms with van der Waals surface area (Å²) in [5, 5.41) is 0.246. The van der Waals surface area contributed by atoms with Crippen molar-refractivity contribution in [3.63, 3.8) is 0 Å². The van der Waals surface area contributed by atoms with Gasteiger partial charge in [0.2, 0.25) is 5.91 Å². The Morgan fingerprint density at radius 2 is 1.73 bits per heavy atom. The molecule has 4 rings (SSSR count). The standard InChI is InChI=1S/C22H19ClN2O3S2/c1-15-5-9-19(10-6-15)25-21(26)14-29-22(25)16-3-2-4-18(13-16)24-30(27,28)20-11-7-17(23)8-12-20/h2-13,22,24H,14H2,1H3/t22-/m0/s1. The second kappa shape index (κ2) is 8.34. The van der Waals surface area contributed by atoms with Crippen molar-refractivity contribution in [2.75, 3.05) is 15.4 Å². The molecule has 1 N–H and O–H groups in total. The molecule has 154 valence electrons. The predicted molar refractivity (Wildman–Crippen MR) is 123 cm³/mol. The Bertz CT molecular complexity index is 1180. The quantitative estimate of drug-likeness (QED) is 0.568. The van der Waals surface area contributed by atoms with E-state index >= 15 is 0 Å². The van der Waals surface area contributed by atoms with Crippen molar-refractivity contribution >= 4 is 50.7 Å². The second-order valence-electron chi connectivity index (χ2n) is 6.95. The number of sulfonamides is 1. The molecule has 8 heteroatoms. The Labute approximate surface area is 185 Å². The van der Waals surface area contributed by atoms with E-state index in [1.54, 1.807) is 23.1 Å². The zero-order valence-corrected chi connectivity index (χ0v) is 18.5. The van der Waals surface area contributed by atoms with Crippen LogP contribution in [0.2, 0.25) is 5.02 Å². The minimum atomic E-state index is -3.75. The highest BCUT2D eigenvalue weighted by Crippen LogP contribution is 2.42. The topological polar surface area (TPSA) is 66.5 Å². The van der Waals surface area contributed by atoms with Gasteiger partial charge in [-0.05, 0) is 61.0 Å². The molecular formula is C22H19ClN2O3S2. The van der Waals surface area contributed by atoms with Gasteiger partial charge in [-0.25, -0.2) is 8.42 Å². The van der Waals surface area contributed by atoms with Gasteiger partial charge >= 0.3 is 0 Å². The maximum Gasteiger partial charge on any atom is 0.261 e. The number of halogens is 1. The molecule has 1 aliphatic rings. The molecule has 1 aliphatic heterocycles. The van der Waals surface area contributed by atoms with E-state index in [4.69, 9.17) is 11.6 Å². The first-order chi connectivity index (χ1) is 14.3. The summed E-state index contributed by atoms with van der Waals surface area (Å²) in [5.41, 5.74) is 3.23. The summed E-state index contributed by atoms with van der Waals surface area (Å²) in [6, 6.07) is 20.9. The maximum atomic E-state index is 12.7. The Hall–Kier alpha value is -2.48. The molecule has 1 heterocycles. The van der Waals surface area contributed by atoms with Crippen molar-refractivity contribution in [2.24, 2.45) is 0 Å². The monoisotopic (exact) mass is 458 g/mol. The first-order valence-corrected chi connectivity index (χ1v) is 12.1. The number of nitrogens with one attached hydrogen (secondary N) is 1. The van der Waals surface area contributed by atoms with Crippen molar-refractivity contribution < 1.29 is 13.2 Å². The van der Waals surface area contributed by atoms with Crippen LogP contribution in [0.1, 0.15) is 16.5 Å². The van der Waals surface area contributed by atoms with Crippen LogP contribution in [0.15, 0.2) is 77.7 Å². The molecular weight excluding hydrogens is 440 g/mol. The molecule has 5 nitrogen and oxygen atoms in total. The van der Waals surface area contributed by atoms with Crippen LogP contribution < -0.4 is 9.62 Å². The van der Waals surface area contributed by atoms with E-state index in [9.17, 15) is 13.2 Å². The lowest BCUT2D eigenvalue weighted by molar-refractivity contribution is -0.115. The van der Waals surface area contributed by atoms with Gasteiger partial charge in [0.05, 0.1) is 10.6 Å². The molecule has 1 saturated heterocycles. The number of rotatable bonds is 5. The van der Waals surface area contributed by atoms with E-state index in [1.165, 1.54) is 36.0 Å². The third-order valence-electron chi connectivity index (χ3n) is 4.73. The average molecular weight is 459 g/mol. The molecule has 0 radical (unpaired) electrons. The van der Waals surface area contributed by atoms with Crippen molar-refractivity contribution in [3.05, 3.63) is 88.9 Å². The van der Waals surface area contributed by atoms with Gasteiger partial charge in [-0.15, -0.1) is 11.8 Å². The average Bonchev–Trinajstić information content (AvgIpc) is 3.10. The van der Waals surface area contributed by atoms with E-state index in [1.807, 2.05) is 37.3 Å². The number of carbonyl (C=O) groups is 1. The van der Waals surface area contributed by atoms with Crippen molar-refractivity contribution in [1.82, 2.24) is 0 Å². The lowest BCUT2D eigenvalue weighted by Crippen LogP contribution is -2.27. The number of amides is 1. The summed E-state index contributed by atoms with van der Waals surface area (Å²) in [4.78, 5) is 14.4. The third-order valence-corrected chi connectivity index (χ3v) is 7.59. The first kappa shape index (κ1) is 20.8. The highest BCUT2D eigenvalue weighted by atomic mass is 35.5. The van der Waals surface area contributed by atoms with Gasteiger partial charge in [0.15, 0.2) is 0 Å². The summed E-state index contributed by atoms with van der Waals surface area (Å²) < 4.78 is 28.0. The second-order valence-corrected chi connectivity index (χ2v) is 10.1. The van der Waals surface area contributed by atoms with Gasteiger partial charge in [0.25, 0.3) is 10.0 Å². The van der Waals surface area contributed by atoms with E-state index < -0.39 is 10.0 Å². The molecule has 0 bridgehead atoms. The maximum absolute atomic E-state index is 12.7. The molecule has 0 spiro atoms. The van der Waals surface area contributed by atoms with Gasteiger partial charge < -0.3 is 0 Å². The lowest BCUT2D eigenvalue weighted by Gasteiger charge is -2.25.